The number of nitrogens with one attached hydrogen (secondary N) is 1. The highest BCUT2D eigenvalue weighted by Gasteiger charge is 2.24. The van der Waals surface area contributed by atoms with Crippen LogP contribution in [0.4, 0.5) is 0 Å². The van der Waals surface area contributed by atoms with Crippen molar-refractivity contribution in [3.63, 3.8) is 0 Å². The molecular formula is C16H23NO3. The average Bonchev–Trinajstić information content (AvgIpc) is 3.02. The lowest BCUT2D eigenvalue weighted by Gasteiger charge is -2.25. The highest BCUT2D eigenvalue weighted by Crippen LogP contribution is 2.38. The summed E-state index contributed by atoms with van der Waals surface area (Å²) in [6.07, 6.45) is 4.64. The van der Waals surface area contributed by atoms with E-state index in [1.807, 2.05) is 6.07 Å². The molecule has 2 atom stereocenters. The molecule has 2 aliphatic rings. The fraction of sp³-hybridized carbons (Fsp3) is 0.625. The normalized spacial score (nSPS) is 26.4. The third-order valence-corrected chi connectivity index (χ3v) is 4.06. The van der Waals surface area contributed by atoms with Crippen LogP contribution in [0.3, 0.4) is 0 Å². The van der Waals surface area contributed by atoms with E-state index in [2.05, 4.69) is 17.4 Å². The highest BCUT2D eigenvalue weighted by atomic mass is 16.5. The van der Waals surface area contributed by atoms with E-state index in [4.69, 9.17) is 14.2 Å². The van der Waals surface area contributed by atoms with Crippen LogP contribution < -0.4 is 14.8 Å². The van der Waals surface area contributed by atoms with Gasteiger partial charge in [0.05, 0.1) is 13.7 Å². The fourth-order valence-corrected chi connectivity index (χ4v) is 3.05. The van der Waals surface area contributed by atoms with Gasteiger partial charge in [0, 0.05) is 18.2 Å². The van der Waals surface area contributed by atoms with Crippen LogP contribution in [0.15, 0.2) is 18.2 Å². The van der Waals surface area contributed by atoms with Crippen molar-refractivity contribution < 1.29 is 14.2 Å². The Morgan fingerprint density at radius 2 is 2.20 bits per heavy atom. The number of methoxy groups -OCH3 is 1. The maximum Gasteiger partial charge on any atom is 0.165 e. The van der Waals surface area contributed by atoms with E-state index in [1.54, 1.807) is 7.11 Å². The van der Waals surface area contributed by atoms with Gasteiger partial charge in [-0.3, -0.25) is 0 Å². The van der Waals surface area contributed by atoms with Gasteiger partial charge < -0.3 is 19.5 Å². The standard InChI is InChI=1S/C16H23NO3/c1-18-16-13(14-7-3-9-17-14)6-2-8-15(16)20-12-5-4-10-19-11-12/h2,6,8,12,14,17H,3-5,7,9-11H2,1H3. The second kappa shape index (κ2) is 6.46. The molecule has 0 spiro atoms. The maximum atomic E-state index is 6.10. The summed E-state index contributed by atoms with van der Waals surface area (Å²) in [6, 6.07) is 6.56. The molecule has 110 valence electrons. The lowest BCUT2D eigenvalue weighted by atomic mass is 10.0. The van der Waals surface area contributed by atoms with Gasteiger partial charge in [-0.15, -0.1) is 0 Å². The molecule has 2 saturated heterocycles. The van der Waals surface area contributed by atoms with Gasteiger partial charge in [-0.1, -0.05) is 12.1 Å². The Balaban J connectivity index is 1.80. The summed E-state index contributed by atoms with van der Waals surface area (Å²) in [4.78, 5) is 0. The number of para-hydroxylation sites is 1. The predicted molar refractivity (Wildman–Crippen MR) is 77.4 cm³/mol. The first-order valence-electron chi connectivity index (χ1n) is 7.53. The van der Waals surface area contributed by atoms with E-state index in [9.17, 15) is 0 Å². The van der Waals surface area contributed by atoms with Gasteiger partial charge in [0.25, 0.3) is 0 Å². The fourth-order valence-electron chi connectivity index (χ4n) is 3.05. The molecule has 1 aromatic carbocycles. The monoisotopic (exact) mass is 277 g/mol. The molecule has 3 rings (SSSR count). The molecule has 0 aliphatic carbocycles. The molecule has 4 heteroatoms. The van der Waals surface area contributed by atoms with Gasteiger partial charge >= 0.3 is 0 Å². The molecule has 2 fully saturated rings. The maximum absolute atomic E-state index is 6.10. The smallest absolute Gasteiger partial charge is 0.165 e. The van der Waals surface area contributed by atoms with E-state index < -0.39 is 0 Å². The topological polar surface area (TPSA) is 39.7 Å². The minimum absolute atomic E-state index is 0.143. The van der Waals surface area contributed by atoms with Crippen LogP contribution in [0.1, 0.15) is 37.3 Å². The lowest BCUT2D eigenvalue weighted by molar-refractivity contribution is 0.00637. The largest absolute Gasteiger partial charge is 0.493 e. The van der Waals surface area contributed by atoms with E-state index in [1.165, 1.54) is 12.0 Å². The Kier molecular flexibility index (Phi) is 4.43. The Labute approximate surface area is 120 Å². The van der Waals surface area contributed by atoms with Crippen LogP contribution >= 0.6 is 0 Å². The summed E-state index contributed by atoms with van der Waals surface area (Å²) in [5.41, 5.74) is 1.21. The van der Waals surface area contributed by atoms with E-state index in [-0.39, 0.29) is 6.10 Å². The molecule has 1 N–H and O–H groups in total. The molecule has 20 heavy (non-hydrogen) atoms. The molecular weight excluding hydrogens is 254 g/mol. The lowest BCUT2D eigenvalue weighted by Crippen LogP contribution is -2.28. The van der Waals surface area contributed by atoms with Crippen LogP contribution in [0.5, 0.6) is 11.5 Å². The second-order valence-electron chi connectivity index (χ2n) is 5.48. The molecule has 0 amide bonds. The zero-order valence-corrected chi connectivity index (χ0v) is 12.1. The quantitative estimate of drug-likeness (QED) is 0.918. The van der Waals surface area contributed by atoms with E-state index >= 15 is 0 Å². The van der Waals surface area contributed by atoms with Crippen LogP contribution in [-0.2, 0) is 4.74 Å². The van der Waals surface area contributed by atoms with Gasteiger partial charge in [-0.25, -0.2) is 0 Å². The molecule has 0 saturated carbocycles. The van der Waals surface area contributed by atoms with Gasteiger partial charge in [0.2, 0.25) is 0 Å². The SMILES string of the molecule is COc1c(OC2CCCOC2)cccc1C1CCCN1. The highest BCUT2D eigenvalue weighted by molar-refractivity contribution is 5.48. The Morgan fingerprint density at radius 3 is 2.90 bits per heavy atom. The Morgan fingerprint density at radius 1 is 1.25 bits per heavy atom. The van der Waals surface area contributed by atoms with Crippen molar-refractivity contribution >= 4 is 0 Å². The van der Waals surface area contributed by atoms with E-state index in [0.29, 0.717) is 12.6 Å². The molecule has 1 aromatic rings. The number of hydrogen-bond donors (Lipinski definition) is 1. The third kappa shape index (κ3) is 2.91. The first-order valence-corrected chi connectivity index (χ1v) is 7.53. The molecule has 4 nitrogen and oxygen atoms in total. The van der Waals surface area contributed by atoms with Crippen LogP contribution in [0.2, 0.25) is 0 Å². The minimum atomic E-state index is 0.143. The minimum Gasteiger partial charge on any atom is -0.493 e. The third-order valence-electron chi connectivity index (χ3n) is 4.06. The number of rotatable bonds is 4. The Bertz CT molecular complexity index is 437. The Hall–Kier alpha value is -1.26. The molecule has 2 unspecified atom stereocenters. The second-order valence-corrected chi connectivity index (χ2v) is 5.48. The van der Waals surface area contributed by atoms with Gasteiger partial charge in [0.15, 0.2) is 11.5 Å². The van der Waals surface area contributed by atoms with Crippen molar-refractivity contribution in [2.75, 3.05) is 26.9 Å². The van der Waals surface area contributed by atoms with Gasteiger partial charge in [-0.2, -0.15) is 0 Å². The summed E-state index contributed by atoms with van der Waals surface area (Å²) in [7, 11) is 1.72. The van der Waals surface area contributed by atoms with Crippen molar-refractivity contribution in [2.24, 2.45) is 0 Å². The number of ether oxygens (including phenoxy) is 3. The molecule has 2 heterocycles. The van der Waals surface area contributed by atoms with Crippen molar-refractivity contribution in [2.45, 2.75) is 37.8 Å². The molecule has 0 aromatic heterocycles. The summed E-state index contributed by atoms with van der Waals surface area (Å²) >= 11 is 0. The van der Waals surface area contributed by atoms with Crippen molar-refractivity contribution in [3.8, 4) is 11.5 Å². The zero-order chi connectivity index (χ0) is 13.8. The molecule has 2 aliphatic heterocycles. The van der Waals surface area contributed by atoms with Gasteiger partial charge in [0.1, 0.15) is 6.10 Å². The predicted octanol–water partition coefficient (Wildman–Crippen LogP) is 2.68. The average molecular weight is 277 g/mol. The van der Waals surface area contributed by atoms with Crippen LogP contribution in [0.25, 0.3) is 0 Å². The molecule has 0 bridgehead atoms. The first kappa shape index (κ1) is 13.7. The first-order chi connectivity index (χ1) is 9.88. The summed E-state index contributed by atoms with van der Waals surface area (Å²) in [5.74, 6) is 1.71. The van der Waals surface area contributed by atoms with Crippen LogP contribution in [-0.4, -0.2) is 33.0 Å². The van der Waals surface area contributed by atoms with E-state index in [0.717, 1.165) is 43.9 Å². The number of benzene rings is 1. The van der Waals surface area contributed by atoms with Crippen molar-refractivity contribution in [1.29, 1.82) is 0 Å². The van der Waals surface area contributed by atoms with Crippen molar-refractivity contribution in [1.82, 2.24) is 5.32 Å². The van der Waals surface area contributed by atoms with Gasteiger partial charge in [-0.05, 0) is 38.3 Å². The molecule has 0 radical (unpaired) electrons. The number of hydrogen-bond acceptors (Lipinski definition) is 4. The van der Waals surface area contributed by atoms with Crippen molar-refractivity contribution in [3.05, 3.63) is 23.8 Å². The summed E-state index contributed by atoms with van der Waals surface area (Å²) in [6.45, 7) is 2.60. The zero-order valence-electron chi connectivity index (χ0n) is 12.1. The van der Waals surface area contributed by atoms with Crippen LogP contribution in [0, 0.1) is 0 Å². The summed E-state index contributed by atoms with van der Waals surface area (Å²) in [5, 5.41) is 3.52. The summed E-state index contributed by atoms with van der Waals surface area (Å²) < 4.78 is 17.2.